The normalized spacial score (nSPS) is 10.9. The number of para-hydroxylation sites is 1. The molecule has 1 amide bonds. The van der Waals surface area contributed by atoms with Gasteiger partial charge >= 0.3 is 5.63 Å². The monoisotopic (exact) mass is 360 g/mol. The van der Waals surface area contributed by atoms with Gasteiger partial charge in [0.15, 0.2) is 0 Å². The maximum atomic E-state index is 12.6. The van der Waals surface area contributed by atoms with Gasteiger partial charge in [0.2, 0.25) is 5.89 Å². The number of fused-ring (bicyclic) bond motifs is 1. The van der Waals surface area contributed by atoms with Crippen LogP contribution in [0.2, 0.25) is 0 Å². The number of oxazole rings is 1. The first-order valence-electron chi connectivity index (χ1n) is 8.40. The van der Waals surface area contributed by atoms with Crippen molar-refractivity contribution in [1.82, 2.24) is 4.98 Å². The topological polar surface area (TPSA) is 85.3 Å². The summed E-state index contributed by atoms with van der Waals surface area (Å²) in [5, 5.41) is 3.41. The van der Waals surface area contributed by atoms with Crippen LogP contribution in [-0.2, 0) is 0 Å². The summed E-state index contributed by atoms with van der Waals surface area (Å²) in [7, 11) is 0. The van der Waals surface area contributed by atoms with E-state index in [-0.39, 0.29) is 5.56 Å². The molecule has 4 rings (SSSR count). The largest absolute Gasteiger partial charge is 0.441 e. The van der Waals surface area contributed by atoms with Crippen LogP contribution in [0.1, 0.15) is 21.8 Å². The van der Waals surface area contributed by atoms with Crippen LogP contribution in [0.3, 0.4) is 0 Å². The number of rotatable bonds is 3. The number of benzene rings is 2. The van der Waals surface area contributed by atoms with Crippen molar-refractivity contribution in [2.75, 3.05) is 5.32 Å². The number of amides is 1. The van der Waals surface area contributed by atoms with E-state index in [1.54, 1.807) is 36.4 Å². The predicted octanol–water partition coefficient (Wildman–Crippen LogP) is 4.32. The summed E-state index contributed by atoms with van der Waals surface area (Å²) in [6.45, 7) is 3.71. The lowest BCUT2D eigenvalue weighted by molar-refractivity contribution is 0.102. The molecule has 2 aromatic carbocycles. The summed E-state index contributed by atoms with van der Waals surface area (Å²) in [6, 6.07) is 15.7. The first-order chi connectivity index (χ1) is 13.0. The Labute approximate surface area is 154 Å². The Morgan fingerprint density at radius 2 is 1.81 bits per heavy atom. The van der Waals surface area contributed by atoms with Gasteiger partial charge in [-0.1, -0.05) is 24.3 Å². The molecule has 0 aliphatic rings. The SMILES string of the molecule is Cc1nc(-c2cccc(NC(=O)c3cc4ccccc4oc3=O)c2)oc1C. The summed E-state index contributed by atoms with van der Waals surface area (Å²) in [4.78, 5) is 29.1. The Morgan fingerprint density at radius 3 is 2.59 bits per heavy atom. The summed E-state index contributed by atoms with van der Waals surface area (Å²) < 4.78 is 10.8. The van der Waals surface area contributed by atoms with Crippen molar-refractivity contribution in [3.8, 4) is 11.5 Å². The highest BCUT2D eigenvalue weighted by Gasteiger charge is 2.15. The van der Waals surface area contributed by atoms with Crippen molar-refractivity contribution in [2.45, 2.75) is 13.8 Å². The molecule has 0 saturated heterocycles. The fourth-order valence-corrected chi connectivity index (χ4v) is 2.74. The van der Waals surface area contributed by atoms with Crippen LogP contribution in [0.4, 0.5) is 5.69 Å². The number of aryl methyl sites for hydroxylation is 2. The Bertz CT molecular complexity index is 1200. The minimum absolute atomic E-state index is 0.0538. The molecular formula is C21H16N2O4. The molecule has 6 heteroatoms. The van der Waals surface area contributed by atoms with Gasteiger partial charge in [-0.25, -0.2) is 9.78 Å². The van der Waals surface area contributed by atoms with E-state index in [1.807, 2.05) is 26.0 Å². The minimum atomic E-state index is -0.679. The third-order valence-electron chi connectivity index (χ3n) is 4.28. The first kappa shape index (κ1) is 16.8. The number of hydrogen-bond acceptors (Lipinski definition) is 5. The van der Waals surface area contributed by atoms with Gasteiger partial charge in [-0.2, -0.15) is 0 Å². The second kappa shape index (κ2) is 6.57. The number of nitrogens with one attached hydrogen (secondary N) is 1. The Hall–Kier alpha value is -3.67. The smallest absolute Gasteiger partial charge is 0.349 e. The van der Waals surface area contributed by atoms with Crippen LogP contribution in [0, 0.1) is 13.8 Å². The predicted molar refractivity (Wildman–Crippen MR) is 102 cm³/mol. The standard InChI is InChI=1S/C21H16N2O4/c1-12-13(2)26-20(22-12)15-7-5-8-16(10-15)23-19(24)17-11-14-6-3-4-9-18(14)27-21(17)25/h3-11H,1-2H3,(H,23,24). The molecule has 134 valence electrons. The average molecular weight is 360 g/mol. The first-order valence-corrected chi connectivity index (χ1v) is 8.40. The zero-order valence-electron chi connectivity index (χ0n) is 14.8. The molecule has 0 unspecified atom stereocenters. The summed E-state index contributed by atoms with van der Waals surface area (Å²) in [5.41, 5.74) is 1.78. The molecule has 6 nitrogen and oxygen atoms in total. The van der Waals surface area contributed by atoms with Gasteiger partial charge in [0.25, 0.3) is 5.91 Å². The number of aromatic nitrogens is 1. The van der Waals surface area contributed by atoms with Gasteiger partial charge in [-0.05, 0) is 44.2 Å². The van der Waals surface area contributed by atoms with E-state index >= 15 is 0 Å². The Balaban J connectivity index is 1.64. The van der Waals surface area contributed by atoms with Gasteiger partial charge < -0.3 is 14.2 Å². The van der Waals surface area contributed by atoms with Crippen molar-refractivity contribution in [3.05, 3.63) is 82.0 Å². The molecule has 0 spiro atoms. The third kappa shape index (κ3) is 3.25. The van der Waals surface area contributed by atoms with Crippen molar-refractivity contribution in [2.24, 2.45) is 0 Å². The van der Waals surface area contributed by atoms with E-state index in [2.05, 4.69) is 10.3 Å². The number of carbonyl (C=O) groups excluding carboxylic acids is 1. The second-order valence-electron chi connectivity index (χ2n) is 6.18. The van der Waals surface area contributed by atoms with Crippen LogP contribution in [-0.4, -0.2) is 10.9 Å². The van der Waals surface area contributed by atoms with Crippen LogP contribution < -0.4 is 10.9 Å². The lowest BCUT2D eigenvalue weighted by atomic mass is 10.1. The van der Waals surface area contributed by atoms with Crippen molar-refractivity contribution in [1.29, 1.82) is 0 Å². The molecule has 0 atom stereocenters. The van der Waals surface area contributed by atoms with Gasteiger partial charge in [-0.3, -0.25) is 4.79 Å². The number of hydrogen-bond donors (Lipinski definition) is 1. The lowest BCUT2D eigenvalue weighted by Gasteiger charge is -2.06. The molecular weight excluding hydrogens is 344 g/mol. The average Bonchev–Trinajstić information content (AvgIpc) is 3.00. The van der Waals surface area contributed by atoms with Gasteiger partial charge in [0.05, 0.1) is 5.69 Å². The quantitative estimate of drug-likeness (QED) is 0.550. The third-order valence-corrected chi connectivity index (χ3v) is 4.28. The molecule has 0 aliphatic heterocycles. The van der Waals surface area contributed by atoms with Crippen molar-refractivity contribution in [3.63, 3.8) is 0 Å². The molecule has 4 aromatic rings. The zero-order valence-corrected chi connectivity index (χ0v) is 14.8. The van der Waals surface area contributed by atoms with Crippen LogP contribution in [0.25, 0.3) is 22.4 Å². The fraction of sp³-hybridized carbons (Fsp3) is 0.0952. The van der Waals surface area contributed by atoms with Crippen LogP contribution in [0.5, 0.6) is 0 Å². The molecule has 0 radical (unpaired) electrons. The molecule has 2 heterocycles. The molecule has 0 aliphatic carbocycles. The molecule has 0 saturated carbocycles. The van der Waals surface area contributed by atoms with E-state index in [9.17, 15) is 9.59 Å². The number of nitrogens with zero attached hydrogens (tertiary/aromatic N) is 1. The van der Waals surface area contributed by atoms with Gasteiger partial charge in [0.1, 0.15) is 16.9 Å². The van der Waals surface area contributed by atoms with Gasteiger partial charge in [-0.15, -0.1) is 0 Å². The van der Waals surface area contributed by atoms with E-state index in [0.29, 0.717) is 22.5 Å². The van der Waals surface area contributed by atoms with Crippen molar-refractivity contribution >= 4 is 22.6 Å². The molecule has 27 heavy (non-hydrogen) atoms. The zero-order chi connectivity index (χ0) is 19.0. The second-order valence-corrected chi connectivity index (χ2v) is 6.18. The lowest BCUT2D eigenvalue weighted by Crippen LogP contribution is -2.20. The Kier molecular flexibility index (Phi) is 4.08. The summed E-state index contributed by atoms with van der Waals surface area (Å²) in [5.74, 6) is 0.686. The fourth-order valence-electron chi connectivity index (χ4n) is 2.74. The maximum Gasteiger partial charge on any atom is 0.349 e. The highest BCUT2D eigenvalue weighted by molar-refractivity contribution is 6.05. The van der Waals surface area contributed by atoms with E-state index in [4.69, 9.17) is 8.83 Å². The maximum absolute atomic E-state index is 12.6. The van der Waals surface area contributed by atoms with Crippen LogP contribution in [0.15, 0.2) is 68.2 Å². The number of anilines is 1. The highest BCUT2D eigenvalue weighted by Crippen LogP contribution is 2.24. The summed E-state index contributed by atoms with van der Waals surface area (Å²) >= 11 is 0. The molecule has 1 N–H and O–H groups in total. The van der Waals surface area contributed by atoms with Gasteiger partial charge in [0, 0.05) is 16.6 Å². The summed E-state index contributed by atoms with van der Waals surface area (Å²) in [6.07, 6.45) is 0. The van der Waals surface area contributed by atoms with Crippen LogP contribution >= 0.6 is 0 Å². The van der Waals surface area contributed by atoms with E-state index in [0.717, 1.165) is 17.0 Å². The Morgan fingerprint density at radius 1 is 1.00 bits per heavy atom. The number of carbonyl (C=O) groups is 1. The molecule has 2 aromatic heterocycles. The van der Waals surface area contributed by atoms with Crippen molar-refractivity contribution < 1.29 is 13.6 Å². The van der Waals surface area contributed by atoms with E-state index in [1.165, 1.54) is 6.07 Å². The van der Waals surface area contributed by atoms with E-state index < -0.39 is 11.5 Å². The minimum Gasteiger partial charge on any atom is -0.441 e. The molecule has 0 fully saturated rings. The highest BCUT2D eigenvalue weighted by atomic mass is 16.4. The molecule has 0 bridgehead atoms.